The fourth-order valence-electron chi connectivity index (χ4n) is 7.79. The fraction of sp³-hybridized carbons (Fsp3) is 0.0217. The number of pyridine rings is 1. The molecule has 1 atom stereocenters. The maximum atomic E-state index is 6.40. The summed E-state index contributed by atoms with van der Waals surface area (Å²) in [7, 11) is 0. The van der Waals surface area contributed by atoms with Crippen LogP contribution in [0.5, 0.6) is 0 Å². The maximum Gasteiger partial charge on any atom is 0.160 e. The summed E-state index contributed by atoms with van der Waals surface area (Å²) in [6, 6.07) is 54.0. The minimum absolute atomic E-state index is 0.409. The van der Waals surface area contributed by atoms with Gasteiger partial charge in [-0.2, -0.15) is 0 Å². The number of hydrogen-bond donors (Lipinski definition) is 1. The second-order valence-electron chi connectivity index (χ2n) is 13.2. The van der Waals surface area contributed by atoms with E-state index in [9.17, 15) is 0 Å². The molecule has 0 saturated heterocycles. The van der Waals surface area contributed by atoms with Gasteiger partial charge in [-0.15, -0.1) is 0 Å². The highest BCUT2D eigenvalue weighted by molar-refractivity contribution is 6.22. The van der Waals surface area contributed by atoms with Gasteiger partial charge >= 0.3 is 0 Å². The lowest BCUT2D eigenvalue weighted by Crippen LogP contribution is -2.33. The molecule has 0 aliphatic carbocycles. The zero-order chi connectivity index (χ0) is 34.2. The molecular formula is C46H28N4O2. The van der Waals surface area contributed by atoms with Crippen molar-refractivity contribution >= 4 is 77.4 Å². The van der Waals surface area contributed by atoms with E-state index in [4.69, 9.17) is 23.8 Å². The molecule has 3 aromatic heterocycles. The van der Waals surface area contributed by atoms with Gasteiger partial charge in [0.1, 0.15) is 34.3 Å². The lowest BCUT2D eigenvalue weighted by atomic mass is 9.92. The molecule has 244 valence electrons. The molecule has 1 N–H and O–H groups in total. The molecule has 0 radical (unpaired) electrons. The zero-order valence-electron chi connectivity index (χ0n) is 27.7. The van der Waals surface area contributed by atoms with Crippen LogP contribution in [0.4, 0.5) is 0 Å². The average molecular weight is 669 g/mol. The van der Waals surface area contributed by atoms with Gasteiger partial charge in [-0.05, 0) is 52.2 Å². The van der Waals surface area contributed by atoms with Gasteiger partial charge in [0.15, 0.2) is 11.4 Å². The summed E-state index contributed by atoms with van der Waals surface area (Å²) in [5.41, 5.74) is 10.2. The summed E-state index contributed by atoms with van der Waals surface area (Å²) in [6.45, 7) is 0. The van der Waals surface area contributed by atoms with E-state index >= 15 is 0 Å². The number of aliphatic imine (C=N–C) groups is 2. The molecular weight excluding hydrogens is 641 g/mol. The number of nitrogens with one attached hydrogen (secondary N) is 1. The smallest absolute Gasteiger partial charge is 0.160 e. The Bertz CT molecular complexity index is 3120. The number of benzene rings is 7. The Kier molecular flexibility index (Phi) is 6.21. The van der Waals surface area contributed by atoms with Gasteiger partial charge in [0, 0.05) is 32.8 Å². The minimum atomic E-state index is -0.409. The third-order valence-corrected chi connectivity index (χ3v) is 10.1. The van der Waals surface area contributed by atoms with Gasteiger partial charge in [-0.1, -0.05) is 127 Å². The second kappa shape index (κ2) is 11.2. The lowest BCUT2D eigenvalue weighted by molar-refractivity contribution is 0.668. The van der Waals surface area contributed by atoms with E-state index < -0.39 is 6.17 Å². The van der Waals surface area contributed by atoms with Crippen molar-refractivity contribution in [3.8, 4) is 11.1 Å². The molecule has 7 aromatic carbocycles. The van der Waals surface area contributed by atoms with Gasteiger partial charge < -0.3 is 14.2 Å². The molecule has 1 aliphatic heterocycles. The van der Waals surface area contributed by atoms with Crippen molar-refractivity contribution in [1.82, 2.24) is 10.3 Å². The van der Waals surface area contributed by atoms with Crippen molar-refractivity contribution in [1.29, 1.82) is 0 Å². The third-order valence-electron chi connectivity index (χ3n) is 10.1. The predicted octanol–water partition coefficient (Wildman–Crippen LogP) is 11.3. The number of aromatic nitrogens is 1. The Balaban J connectivity index is 1.11. The van der Waals surface area contributed by atoms with E-state index in [1.54, 1.807) is 0 Å². The number of para-hydroxylation sites is 2. The SMILES string of the molecule is c1ccc(C2=NC(c3cccc4oc5ccccc5c34)=NC(c3ccc(-c4cccc5oc6cc7ccccc7nc6c45)c4ccccc34)N2)cc1. The number of furan rings is 2. The minimum Gasteiger partial charge on any atom is -0.456 e. The number of hydrogen-bond acceptors (Lipinski definition) is 6. The molecule has 0 saturated carbocycles. The molecule has 11 rings (SSSR count). The van der Waals surface area contributed by atoms with Crippen LogP contribution < -0.4 is 5.32 Å². The summed E-state index contributed by atoms with van der Waals surface area (Å²) in [4.78, 5) is 15.6. The Morgan fingerprint density at radius 3 is 2.08 bits per heavy atom. The van der Waals surface area contributed by atoms with Crippen LogP contribution in [-0.4, -0.2) is 16.7 Å². The quantitative estimate of drug-likeness (QED) is 0.202. The van der Waals surface area contributed by atoms with Crippen molar-refractivity contribution in [2.75, 3.05) is 0 Å². The van der Waals surface area contributed by atoms with Gasteiger partial charge in [0.2, 0.25) is 0 Å². The molecule has 1 aliphatic rings. The molecule has 6 nitrogen and oxygen atoms in total. The van der Waals surface area contributed by atoms with Crippen LogP contribution in [0.15, 0.2) is 177 Å². The van der Waals surface area contributed by atoms with E-state index in [1.807, 2.05) is 66.7 Å². The molecule has 10 aromatic rings. The Morgan fingerprint density at radius 2 is 1.19 bits per heavy atom. The number of nitrogens with zero attached hydrogens (tertiary/aromatic N) is 3. The summed E-state index contributed by atoms with van der Waals surface area (Å²) < 4.78 is 12.7. The van der Waals surface area contributed by atoms with E-state index in [1.165, 1.54) is 0 Å². The molecule has 0 amide bonds. The van der Waals surface area contributed by atoms with Crippen LogP contribution in [0.1, 0.15) is 22.9 Å². The summed E-state index contributed by atoms with van der Waals surface area (Å²) in [6.07, 6.45) is -0.409. The van der Waals surface area contributed by atoms with Crippen molar-refractivity contribution < 1.29 is 8.83 Å². The summed E-state index contributed by atoms with van der Waals surface area (Å²) >= 11 is 0. The highest BCUT2D eigenvalue weighted by atomic mass is 16.3. The van der Waals surface area contributed by atoms with Crippen molar-refractivity contribution in [3.05, 3.63) is 174 Å². The van der Waals surface area contributed by atoms with Crippen LogP contribution >= 0.6 is 0 Å². The lowest BCUT2D eigenvalue weighted by Gasteiger charge is -2.25. The first kappa shape index (κ1) is 28.8. The van der Waals surface area contributed by atoms with Gasteiger partial charge in [-0.25, -0.2) is 15.0 Å². The highest BCUT2D eigenvalue weighted by Crippen LogP contribution is 2.41. The molecule has 0 bridgehead atoms. The number of rotatable bonds is 4. The van der Waals surface area contributed by atoms with Gasteiger partial charge in [0.05, 0.1) is 10.9 Å². The molecule has 6 heteroatoms. The zero-order valence-corrected chi connectivity index (χ0v) is 27.7. The van der Waals surface area contributed by atoms with Crippen LogP contribution in [0, 0.1) is 0 Å². The van der Waals surface area contributed by atoms with Crippen LogP contribution in [-0.2, 0) is 0 Å². The monoisotopic (exact) mass is 668 g/mol. The van der Waals surface area contributed by atoms with E-state index in [0.717, 1.165) is 99.3 Å². The van der Waals surface area contributed by atoms with Crippen molar-refractivity contribution in [2.45, 2.75) is 6.17 Å². The first-order valence-corrected chi connectivity index (χ1v) is 17.4. The average Bonchev–Trinajstić information content (AvgIpc) is 3.78. The van der Waals surface area contributed by atoms with Crippen molar-refractivity contribution in [2.24, 2.45) is 9.98 Å². The molecule has 1 unspecified atom stereocenters. The maximum absolute atomic E-state index is 6.40. The number of amidine groups is 2. The Morgan fingerprint density at radius 1 is 0.500 bits per heavy atom. The standard InChI is InChI=1S/C46H28N4O2/c1-2-12-27(13-3-1)44-48-45(50-46(49-44)35-19-11-22-38-41(35)34-17-7-9-21-37(34)51-38)33-25-24-31(29-15-5-6-16-30(29)33)32-18-10-23-39-42(32)43-40(52-39)26-28-14-4-8-20-36(28)47-43/h1-26,45H,(H,48,49,50). The van der Waals surface area contributed by atoms with E-state index in [-0.39, 0.29) is 0 Å². The highest BCUT2D eigenvalue weighted by Gasteiger charge is 2.26. The predicted molar refractivity (Wildman–Crippen MR) is 211 cm³/mol. The van der Waals surface area contributed by atoms with Gasteiger partial charge in [-0.3, -0.25) is 0 Å². The van der Waals surface area contributed by atoms with Crippen LogP contribution in [0.2, 0.25) is 0 Å². The fourth-order valence-corrected chi connectivity index (χ4v) is 7.79. The molecule has 0 fully saturated rings. The summed E-state index contributed by atoms with van der Waals surface area (Å²) in [5.74, 6) is 1.42. The van der Waals surface area contributed by atoms with E-state index in [0.29, 0.717) is 5.84 Å². The molecule has 4 heterocycles. The number of fused-ring (bicyclic) bond motifs is 8. The van der Waals surface area contributed by atoms with Crippen LogP contribution in [0.3, 0.4) is 0 Å². The van der Waals surface area contributed by atoms with Gasteiger partial charge in [0.25, 0.3) is 0 Å². The van der Waals surface area contributed by atoms with Crippen molar-refractivity contribution in [3.63, 3.8) is 0 Å². The molecule has 52 heavy (non-hydrogen) atoms. The molecule has 0 spiro atoms. The summed E-state index contributed by atoms with van der Waals surface area (Å²) in [5, 5.41) is 10.0. The largest absolute Gasteiger partial charge is 0.456 e. The Hall–Kier alpha value is -7.05. The third kappa shape index (κ3) is 4.41. The normalized spacial score (nSPS) is 14.7. The second-order valence-corrected chi connectivity index (χ2v) is 13.2. The first-order valence-electron chi connectivity index (χ1n) is 17.4. The topological polar surface area (TPSA) is 75.9 Å². The van der Waals surface area contributed by atoms with E-state index in [2.05, 4.69) is 96.3 Å². The van der Waals surface area contributed by atoms with Crippen LogP contribution in [0.25, 0.3) is 76.8 Å². The first-order chi connectivity index (χ1) is 25.8. The Labute approximate surface area is 297 Å².